The minimum Gasteiger partial charge on any atom is -0.383 e. The molecule has 1 rings (SSSR count). The van der Waals surface area contributed by atoms with E-state index >= 15 is 0 Å². The van der Waals surface area contributed by atoms with Gasteiger partial charge < -0.3 is 19.9 Å². The number of pyridine rings is 1. The van der Waals surface area contributed by atoms with Crippen molar-refractivity contribution in [1.29, 1.82) is 0 Å². The van der Waals surface area contributed by atoms with Crippen molar-refractivity contribution in [2.75, 3.05) is 45.9 Å². The number of nitrogens with zero attached hydrogens (tertiary/aromatic N) is 1. The lowest BCUT2D eigenvalue weighted by atomic mass is 10.2. The van der Waals surface area contributed by atoms with Gasteiger partial charge in [-0.3, -0.25) is 0 Å². The zero-order valence-corrected chi connectivity index (χ0v) is 10.2. The molecule has 0 fully saturated rings. The van der Waals surface area contributed by atoms with Gasteiger partial charge >= 0.3 is 0 Å². The van der Waals surface area contributed by atoms with Gasteiger partial charge in [0.05, 0.1) is 33.0 Å². The molecular formula is C12H20N2O3. The first-order chi connectivity index (χ1) is 8.34. The van der Waals surface area contributed by atoms with Crippen LogP contribution in [0, 0.1) is 0 Å². The summed E-state index contributed by atoms with van der Waals surface area (Å²) in [5.41, 5.74) is 6.73. The molecule has 0 bridgehead atoms. The number of nitrogens with two attached hydrogens (primary N) is 1. The molecule has 5 heteroatoms. The van der Waals surface area contributed by atoms with Crippen LogP contribution >= 0.6 is 0 Å². The Morgan fingerprint density at radius 3 is 2.53 bits per heavy atom. The molecule has 0 aliphatic carbocycles. The van der Waals surface area contributed by atoms with Gasteiger partial charge in [0.1, 0.15) is 5.82 Å². The Balaban J connectivity index is 1.99. The third-order valence-electron chi connectivity index (χ3n) is 2.25. The van der Waals surface area contributed by atoms with Crippen molar-refractivity contribution in [3.8, 4) is 0 Å². The summed E-state index contributed by atoms with van der Waals surface area (Å²) in [6.45, 7) is 3.03. The predicted octanol–water partition coefficient (Wildman–Crippen LogP) is 0.886. The van der Waals surface area contributed by atoms with Crippen LogP contribution in [-0.4, -0.2) is 45.1 Å². The number of nitrogen functional groups attached to an aromatic ring is 1. The number of ether oxygens (including phenoxy) is 3. The number of rotatable bonds is 9. The van der Waals surface area contributed by atoms with E-state index in [1.54, 1.807) is 13.3 Å². The Labute approximate surface area is 102 Å². The van der Waals surface area contributed by atoms with Crippen LogP contribution in [0.2, 0.25) is 0 Å². The fraction of sp³-hybridized carbons (Fsp3) is 0.583. The van der Waals surface area contributed by atoms with Gasteiger partial charge in [-0.2, -0.15) is 0 Å². The van der Waals surface area contributed by atoms with Crippen LogP contribution < -0.4 is 5.73 Å². The summed E-state index contributed by atoms with van der Waals surface area (Å²) in [7, 11) is 1.65. The second kappa shape index (κ2) is 8.92. The van der Waals surface area contributed by atoms with Crippen molar-refractivity contribution in [3.05, 3.63) is 23.9 Å². The standard InChI is InChI=1S/C12H20N2O3/c1-15-7-8-17-10-9-16-6-4-11-3-2-5-14-12(11)13/h2-3,5H,4,6-10H2,1H3,(H2,13,14). The molecule has 0 aliphatic heterocycles. The third kappa shape index (κ3) is 6.21. The van der Waals surface area contributed by atoms with Crippen molar-refractivity contribution >= 4 is 5.82 Å². The smallest absolute Gasteiger partial charge is 0.126 e. The van der Waals surface area contributed by atoms with E-state index in [0.717, 1.165) is 12.0 Å². The van der Waals surface area contributed by atoms with Gasteiger partial charge in [0.2, 0.25) is 0 Å². The number of anilines is 1. The molecule has 1 aromatic heterocycles. The summed E-state index contributed by atoms with van der Waals surface area (Å²) < 4.78 is 15.5. The lowest BCUT2D eigenvalue weighted by Gasteiger charge is -2.06. The molecule has 0 atom stereocenters. The van der Waals surface area contributed by atoms with E-state index in [-0.39, 0.29) is 0 Å². The monoisotopic (exact) mass is 240 g/mol. The highest BCUT2D eigenvalue weighted by Gasteiger charge is 1.98. The molecule has 0 saturated carbocycles. The lowest BCUT2D eigenvalue weighted by Crippen LogP contribution is -2.10. The summed E-state index contributed by atoms with van der Waals surface area (Å²) in [5, 5.41) is 0. The van der Waals surface area contributed by atoms with E-state index in [2.05, 4.69) is 4.98 Å². The largest absolute Gasteiger partial charge is 0.383 e. The average Bonchev–Trinajstić information content (AvgIpc) is 2.35. The zero-order valence-electron chi connectivity index (χ0n) is 10.2. The highest BCUT2D eigenvalue weighted by molar-refractivity contribution is 5.38. The Morgan fingerprint density at radius 2 is 1.82 bits per heavy atom. The SMILES string of the molecule is COCCOCCOCCc1cccnc1N. The normalized spacial score (nSPS) is 10.6. The molecule has 17 heavy (non-hydrogen) atoms. The number of hydrogen-bond donors (Lipinski definition) is 1. The molecule has 0 unspecified atom stereocenters. The molecule has 0 aliphatic rings. The second-order valence-electron chi connectivity index (χ2n) is 3.52. The Kier molecular flexibility index (Phi) is 7.29. The van der Waals surface area contributed by atoms with Crippen molar-refractivity contribution in [2.24, 2.45) is 0 Å². The maximum absolute atomic E-state index is 5.71. The van der Waals surface area contributed by atoms with Crippen LogP contribution in [0.3, 0.4) is 0 Å². The first-order valence-electron chi connectivity index (χ1n) is 5.68. The van der Waals surface area contributed by atoms with Crippen LogP contribution in [0.4, 0.5) is 5.82 Å². The summed E-state index contributed by atoms with van der Waals surface area (Å²) in [6.07, 6.45) is 2.46. The Hall–Kier alpha value is -1.17. The molecule has 1 aromatic rings. The van der Waals surface area contributed by atoms with E-state index in [0.29, 0.717) is 38.9 Å². The summed E-state index contributed by atoms with van der Waals surface area (Å²) in [5.74, 6) is 0.576. The molecule has 5 nitrogen and oxygen atoms in total. The topological polar surface area (TPSA) is 66.6 Å². The summed E-state index contributed by atoms with van der Waals surface area (Å²) in [4.78, 5) is 4.01. The van der Waals surface area contributed by atoms with Gasteiger partial charge in [-0.1, -0.05) is 6.07 Å². The molecule has 0 aromatic carbocycles. The van der Waals surface area contributed by atoms with Gasteiger partial charge in [0, 0.05) is 13.3 Å². The van der Waals surface area contributed by atoms with E-state index in [1.807, 2.05) is 12.1 Å². The van der Waals surface area contributed by atoms with E-state index in [4.69, 9.17) is 19.9 Å². The highest BCUT2D eigenvalue weighted by atomic mass is 16.5. The summed E-state index contributed by atoms with van der Waals surface area (Å²) >= 11 is 0. The van der Waals surface area contributed by atoms with Gasteiger partial charge in [-0.25, -0.2) is 4.98 Å². The van der Waals surface area contributed by atoms with Crippen molar-refractivity contribution in [3.63, 3.8) is 0 Å². The summed E-state index contributed by atoms with van der Waals surface area (Å²) in [6, 6.07) is 3.83. The maximum Gasteiger partial charge on any atom is 0.126 e. The number of hydrogen-bond acceptors (Lipinski definition) is 5. The first kappa shape index (κ1) is 13.9. The lowest BCUT2D eigenvalue weighted by molar-refractivity contribution is 0.0256. The van der Waals surface area contributed by atoms with Crippen LogP contribution in [0.5, 0.6) is 0 Å². The van der Waals surface area contributed by atoms with Crippen LogP contribution in [0.25, 0.3) is 0 Å². The van der Waals surface area contributed by atoms with Crippen molar-refractivity contribution in [1.82, 2.24) is 4.98 Å². The first-order valence-corrected chi connectivity index (χ1v) is 5.68. The fourth-order valence-corrected chi connectivity index (χ4v) is 1.31. The van der Waals surface area contributed by atoms with Gasteiger partial charge in [0.15, 0.2) is 0 Å². The molecule has 2 N–H and O–H groups in total. The maximum atomic E-state index is 5.71. The average molecular weight is 240 g/mol. The molecule has 0 radical (unpaired) electrons. The molecule has 0 saturated heterocycles. The molecule has 0 spiro atoms. The third-order valence-corrected chi connectivity index (χ3v) is 2.25. The fourth-order valence-electron chi connectivity index (χ4n) is 1.31. The van der Waals surface area contributed by atoms with Gasteiger partial charge in [-0.05, 0) is 18.1 Å². The highest BCUT2D eigenvalue weighted by Crippen LogP contribution is 2.07. The minimum atomic E-state index is 0.576. The molecule has 0 amide bonds. The Morgan fingerprint density at radius 1 is 1.12 bits per heavy atom. The van der Waals surface area contributed by atoms with Crippen LogP contribution in [0.15, 0.2) is 18.3 Å². The van der Waals surface area contributed by atoms with Crippen molar-refractivity contribution < 1.29 is 14.2 Å². The zero-order chi connectivity index (χ0) is 12.3. The van der Waals surface area contributed by atoms with E-state index < -0.39 is 0 Å². The number of methoxy groups -OCH3 is 1. The Bertz CT molecular complexity index is 308. The molecule has 1 heterocycles. The predicted molar refractivity (Wildman–Crippen MR) is 65.9 cm³/mol. The van der Waals surface area contributed by atoms with E-state index in [9.17, 15) is 0 Å². The van der Waals surface area contributed by atoms with Gasteiger partial charge in [0.25, 0.3) is 0 Å². The van der Waals surface area contributed by atoms with Crippen molar-refractivity contribution in [2.45, 2.75) is 6.42 Å². The minimum absolute atomic E-state index is 0.576. The van der Waals surface area contributed by atoms with E-state index in [1.165, 1.54) is 0 Å². The van der Waals surface area contributed by atoms with Gasteiger partial charge in [-0.15, -0.1) is 0 Å². The molecule has 96 valence electrons. The van der Waals surface area contributed by atoms with Crippen LogP contribution in [0.1, 0.15) is 5.56 Å². The quantitative estimate of drug-likeness (QED) is 0.649. The number of aromatic nitrogens is 1. The molecular weight excluding hydrogens is 220 g/mol. The second-order valence-corrected chi connectivity index (χ2v) is 3.52. The van der Waals surface area contributed by atoms with Crippen LogP contribution in [-0.2, 0) is 20.6 Å².